The van der Waals surface area contributed by atoms with Crippen molar-refractivity contribution in [2.24, 2.45) is 23.7 Å². The molecule has 0 saturated heterocycles. The van der Waals surface area contributed by atoms with Crippen LogP contribution in [0.2, 0.25) is 0 Å². The highest BCUT2D eigenvalue weighted by molar-refractivity contribution is 7.47. The Labute approximate surface area is 568 Å². The number of phosphoric acid groups is 2. The average Bonchev–Trinajstić information content (AvgIpc) is 2.79. The third kappa shape index (κ3) is 67.0. The van der Waals surface area contributed by atoms with Gasteiger partial charge in [0.15, 0.2) is 12.2 Å². The molecule has 552 valence electrons. The van der Waals surface area contributed by atoms with Gasteiger partial charge in [-0.1, -0.05) is 319 Å². The largest absolute Gasteiger partial charge is 0.472 e. The van der Waals surface area contributed by atoms with E-state index in [9.17, 15) is 43.2 Å². The molecule has 0 bridgehead atoms. The highest BCUT2D eigenvalue weighted by Gasteiger charge is 2.30. The van der Waals surface area contributed by atoms with Gasteiger partial charge in [0.25, 0.3) is 0 Å². The quantitative estimate of drug-likeness (QED) is 0.0222. The number of carbonyl (C=O) groups is 4. The summed E-state index contributed by atoms with van der Waals surface area (Å²) < 4.78 is 68.5. The molecule has 0 aromatic carbocycles. The van der Waals surface area contributed by atoms with Crippen LogP contribution in [-0.4, -0.2) is 96.7 Å². The number of aliphatic hydroxyl groups excluding tert-OH is 1. The van der Waals surface area contributed by atoms with E-state index in [0.717, 1.165) is 114 Å². The molecule has 0 aliphatic carbocycles. The van der Waals surface area contributed by atoms with Crippen molar-refractivity contribution >= 4 is 39.5 Å². The first-order chi connectivity index (χ1) is 44.6. The predicted molar refractivity (Wildman–Crippen MR) is 377 cm³/mol. The van der Waals surface area contributed by atoms with Crippen LogP contribution in [0, 0.1) is 23.7 Å². The minimum absolute atomic E-state index is 0.105. The predicted octanol–water partition coefficient (Wildman–Crippen LogP) is 21.3. The van der Waals surface area contributed by atoms with Crippen LogP contribution in [0.25, 0.3) is 0 Å². The normalized spacial score (nSPS) is 14.5. The van der Waals surface area contributed by atoms with E-state index in [4.69, 9.17) is 37.0 Å². The van der Waals surface area contributed by atoms with Crippen molar-refractivity contribution in [3.63, 3.8) is 0 Å². The molecule has 0 heterocycles. The number of ether oxygens (including phenoxy) is 4. The number of hydrogen-bond donors (Lipinski definition) is 3. The topological polar surface area (TPSA) is 237 Å². The molecule has 0 aliphatic heterocycles. The molecular weight excluding hydrogens is 1220 g/mol. The molecule has 93 heavy (non-hydrogen) atoms. The Morgan fingerprint density at radius 2 is 0.516 bits per heavy atom. The summed E-state index contributed by atoms with van der Waals surface area (Å²) in [5.74, 6) is 0.931. The summed E-state index contributed by atoms with van der Waals surface area (Å²) in [5.41, 5.74) is 0. The number of aliphatic hydroxyl groups is 1. The van der Waals surface area contributed by atoms with Gasteiger partial charge in [0.1, 0.15) is 19.3 Å². The molecule has 0 saturated carbocycles. The van der Waals surface area contributed by atoms with Crippen molar-refractivity contribution in [2.45, 2.75) is 388 Å². The van der Waals surface area contributed by atoms with E-state index in [-0.39, 0.29) is 25.7 Å². The molecule has 6 atom stereocenters. The zero-order chi connectivity index (χ0) is 68.9. The van der Waals surface area contributed by atoms with Crippen LogP contribution in [0.15, 0.2) is 0 Å². The molecule has 0 aromatic rings. The summed E-state index contributed by atoms with van der Waals surface area (Å²) >= 11 is 0. The molecule has 0 fully saturated rings. The van der Waals surface area contributed by atoms with E-state index in [1.165, 1.54) is 167 Å². The Balaban J connectivity index is 5.26. The fraction of sp³-hybridized carbons (Fsp3) is 0.946. The summed E-state index contributed by atoms with van der Waals surface area (Å²) in [6.07, 6.45) is 47.1. The van der Waals surface area contributed by atoms with Crippen LogP contribution >= 0.6 is 15.6 Å². The van der Waals surface area contributed by atoms with Crippen molar-refractivity contribution < 1.29 is 80.2 Å². The van der Waals surface area contributed by atoms with E-state index >= 15 is 0 Å². The highest BCUT2D eigenvalue weighted by atomic mass is 31.2. The first-order valence-electron chi connectivity index (χ1n) is 38.2. The minimum Gasteiger partial charge on any atom is -0.462 e. The first kappa shape index (κ1) is 91.1. The smallest absolute Gasteiger partial charge is 0.462 e. The Kier molecular flexibility index (Phi) is 62.2. The number of carbonyl (C=O) groups excluding carboxylic acids is 4. The lowest BCUT2D eigenvalue weighted by molar-refractivity contribution is -0.161. The summed E-state index contributed by atoms with van der Waals surface area (Å²) in [7, 11) is -9.91. The third-order valence-corrected chi connectivity index (χ3v) is 19.3. The molecule has 0 aromatic heterocycles. The van der Waals surface area contributed by atoms with Gasteiger partial charge in [0.2, 0.25) is 0 Å². The lowest BCUT2D eigenvalue weighted by atomic mass is 9.99. The second-order valence-corrected chi connectivity index (χ2v) is 31.3. The van der Waals surface area contributed by atoms with Gasteiger partial charge < -0.3 is 33.8 Å². The number of rotatable bonds is 71. The van der Waals surface area contributed by atoms with E-state index < -0.39 is 97.5 Å². The maximum Gasteiger partial charge on any atom is 0.472 e. The third-order valence-electron chi connectivity index (χ3n) is 17.4. The fourth-order valence-corrected chi connectivity index (χ4v) is 12.7. The van der Waals surface area contributed by atoms with Crippen LogP contribution in [0.1, 0.15) is 370 Å². The van der Waals surface area contributed by atoms with E-state index in [0.29, 0.717) is 31.6 Å². The van der Waals surface area contributed by atoms with Gasteiger partial charge >= 0.3 is 39.5 Å². The number of hydrogen-bond acceptors (Lipinski definition) is 15. The summed E-state index contributed by atoms with van der Waals surface area (Å²) in [4.78, 5) is 72.7. The van der Waals surface area contributed by atoms with Crippen molar-refractivity contribution in [2.75, 3.05) is 39.6 Å². The Hall–Kier alpha value is -1.94. The van der Waals surface area contributed by atoms with Gasteiger partial charge in [-0.3, -0.25) is 37.3 Å². The highest BCUT2D eigenvalue weighted by Crippen LogP contribution is 2.45. The fourth-order valence-electron chi connectivity index (χ4n) is 11.2. The molecule has 17 nitrogen and oxygen atoms in total. The Bertz CT molecular complexity index is 1840. The van der Waals surface area contributed by atoms with E-state index in [2.05, 4.69) is 55.4 Å². The molecule has 0 amide bonds. The lowest BCUT2D eigenvalue weighted by Gasteiger charge is -2.21. The summed E-state index contributed by atoms with van der Waals surface area (Å²) in [5, 5.41) is 10.6. The van der Waals surface area contributed by atoms with Gasteiger partial charge in [-0.05, 0) is 49.4 Å². The van der Waals surface area contributed by atoms with Crippen molar-refractivity contribution in [1.29, 1.82) is 0 Å². The monoisotopic (exact) mass is 1370 g/mol. The average molecular weight is 1370 g/mol. The first-order valence-corrected chi connectivity index (χ1v) is 41.2. The number of esters is 4. The maximum atomic E-state index is 13.1. The Morgan fingerprint density at radius 3 is 0.763 bits per heavy atom. The van der Waals surface area contributed by atoms with Gasteiger partial charge in [0.05, 0.1) is 26.4 Å². The molecular formula is C74H144O17P2. The van der Waals surface area contributed by atoms with Crippen LogP contribution in [0.3, 0.4) is 0 Å². The Morgan fingerprint density at radius 1 is 0.301 bits per heavy atom. The molecule has 0 radical (unpaired) electrons. The summed E-state index contributed by atoms with van der Waals surface area (Å²) in [6.45, 7) is 14.2. The second kappa shape index (κ2) is 63.5. The molecule has 0 aliphatic rings. The van der Waals surface area contributed by atoms with E-state index in [1.54, 1.807) is 0 Å². The molecule has 3 N–H and O–H groups in total. The van der Waals surface area contributed by atoms with Gasteiger partial charge in [0, 0.05) is 25.7 Å². The molecule has 19 heteroatoms. The zero-order valence-corrected chi connectivity index (χ0v) is 62.7. The van der Waals surface area contributed by atoms with Crippen molar-refractivity contribution in [1.82, 2.24) is 0 Å². The van der Waals surface area contributed by atoms with Gasteiger partial charge in [-0.2, -0.15) is 0 Å². The van der Waals surface area contributed by atoms with Gasteiger partial charge in [-0.15, -0.1) is 0 Å². The van der Waals surface area contributed by atoms with Crippen molar-refractivity contribution in [3.05, 3.63) is 0 Å². The van der Waals surface area contributed by atoms with Crippen LogP contribution < -0.4 is 0 Å². The van der Waals surface area contributed by atoms with Gasteiger partial charge in [-0.25, -0.2) is 9.13 Å². The maximum absolute atomic E-state index is 13.1. The van der Waals surface area contributed by atoms with Crippen molar-refractivity contribution in [3.8, 4) is 0 Å². The summed E-state index contributed by atoms with van der Waals surface area (Å²) in [6, 6.07) is 0. The van der Waals surface area contributed by atoms with Crippen LogP contribution in [-0.2, 0) is 65.4 Å². The second-order valence-electron chi connectivity index (χ2n) is 28.4. The minimum atomic E-state index is -4.96. The zero-order valence-electron chi connectivity index (χ0n) is 60.9. The molecule has 4 unspecified atom stereocenters. The van der Waals surface area contributed by atoms with E-state index in [1.807, 2.05) is 0 Å². The van der Waals surface area contributed by atoms with Crippen LogP contribution in [0.5, 0.6) is 0 Å². The lowest BCUT2D eigenvalue weighted by Crippen LogP contribution is -2.30. The number of phosphoric ester groups is 2. The molecule has 0 rings (SSSR count). The SMILES string of the molecule is CCC(C)CCCCCCCCCCCCC(=O)O[C@H](COC(=O)CCCCCCCCCCCCCCC(C)C)COP(=O)(O)OCC(O)COP(=O)(O)OC[C@@H](COC(=O)CCCCCCCCCC(C)C)OC(=O)CCCCCCCCCCCCCC(C)C. The molecule has 0 spiro atoms. The van der Waals surface area contributed by atoms with Crippen LogP contribution in [0.4, 0.5) is 0 Å². The number of unbranched alkanes of at least 4 members (excludes halogenated alkanes) is 36. The standard InChI is InChI=1S/C74H144O17P2/c1-9-67(8)53-45-37-29-21-17-18-24-32-41-49-57-74(79)90-69(60-84-71(76)54-46-38-30-22-15-11-10-13-19-26-34-42-50-64(2)3)62-88-92(80,81)86-58-68(75)59-87-93(82,83)89-63-70(61-85-72(77)55-47-39-33-25-28-36-44-52-66(6)7)91-73(78)56-48-40-31-23-16-12-14-20-27-35-43-51-65(4)5/h64-70,75H,9-63H2,1-8H3,(H,80,81)(H,82,83)/t67?,68?,69-,70-/m1/s1.